The van der Waals surface area contributed by atoms with Crippen LogP contribution in [0.15, 0.2) is 12.3 Å². The number of hydrogen-bond acceptors (Lipinski definition) is 2. The number of hydrogen-bond donors (Lipinski definition) is 2. The molecule has 1 aromatic heterocycles. The van der Waals surface area contributed by atoms with Crippen LogP contribution in [0.3, 0.4) is 0 Å². The largest absolute Gasteiger partial charge is 0.397 e. The third kappa shape index (κ3) is 4.01. The molecule has 0 atom stereocenters. The maximum atomic E-state index is 11.9. The molecule has 0 aliphatic heterocycles. The smallest absolute Gasteiger partial charge is 0.390 e. The summed E-state index contributed by atoms with van der Waals surface area (Å²) in [5, 5.41) is 2.21. The van der Waals surface area contributed by atoms with E-state index in [1.807, 2.05) is 6.92 Å². The highest BCUT2D eigenvalue weighted by molar-refractivity contribution is 5.93. The van der Waals surface area contributed by atoms with Crippen molar-refractivity contribution in [2.45, 2.75) is 26.1 Å². The molecule has 0 spiro atoms. The molecule has 17 heavy (non-hydrogen) atoms. The number of alkyl halides is 3. The molecule has 1 amide bonds. The number of nitrogens with two attached hydrogens (primary N) is 1. The van der Waals surface area contributed by atoms with E-state index in [0.29, 0.717) is 12.2 Å². The maximum Gasteiger partial charge on any atom is 0.390 e. The van der Waals surface area contributed by atoms with Gasteiger partial charge in [-0.05, 0) is 13.0 Å². The Morgan fingerprint density at radius 2 is 2.18 bits per heavy atom. The molecule has 0 saturated carbocycles. The predicted molar refractivity (Wildman–Crippen MR) is 57.5 cm³/mol. The van der Waals surface area contributed by atoms with E-state index in [0.717, 1.165) is 0 Å². The highest BCUT2D eigenvalue weighted by atomic mass is 19.4. The first-order valence-corrected chi connectivity index (χ1v) is 5.14. The van der Waals surface area contributed by atoms with E-state index in [2.05, 4.69) is 5.32 Å². The van der Waals surface area contributed by atoms with Gasteiger partial charge in [-0.1, -0.05) is 0 Å². The molecule has 0 aliphatic rings. The van der Waals surface area contributed by atoms with Crippen molar-refractivity contribution in [2.75, 3.05) is 12.3 Å². The van der Waals surface area contributed by atoms with Crippen LogP contribution in [0, 0.1) is 0 Å². The molecule has 96 valence electrons. The van der Waals surface area contributed by atoms with Gasteiger partial charge >= 0.3 is 6.18 Å². The van der Waals surface area contributed by atoms with Crippen LogP contribution >= 0.6 is 0 Å². The Balaban J connectivity index is 2.58. The third-order valence-corrected chi connectivity index (χ3v) is 2.19. The number of rotatable bonds is 4. The van der Waals surface area contributed by atoms with Gasteiger partial charge in [0, 0.05) is 19.3 Å². The number of anilines is 1. The van der Waals surface area contributed by atoms with E-state index >= 15 is 0 Å². The minimum Gasteiger partial charge on any atom is -0.397 e. The summed E-state index contributed by atoms with van der Waals surface area (Å²) in [7, 11) is 0. The normalized spacial score (nSPS) is 11.5. The Hall–Kier alpha value is -1.66. The van der Waals surface area contributed by atoms with Gasteiger partial charge in [-0.15, -0.1) is 0 Å². The Labute approximate surface area is 96.6 Å². The summed E-state index contributed by atoms with van der Waals surface area (Å²) in [4.78, 5) is 11.6. The van der Waals surface area contributed by atoms with Crippen molar-refractivity contribution in [3.63, 3.8) is 0 Å². The lowest BCUT2D eigenvalue weighted by Crippen LogP contribution is -2.29. The predicted octanol–water partition coefficient (Wildman–Crippen LogP) is 1.77. The molecule has 0 saturated heterocycles. The topological polar surface area (TPSA) is 60.0 Å². The number of halogens is 3. The number of carbonyl (C=O) groups excluding carboxylic acids is 1. The highest BCUT2D eigenvalue weighted by Crippen LogP contribution is 2.18. The first kappa shape index (κ1) is 13.4. The second-order valence-electron chi connectivity index (χ2n) is 3.57. The van der Waals surface area contributed by atoms with Gasteiger partial charge in [-0.3, -0.25) is 4.79 Å². The van der Waals surface area contributed by atoms with E-state index in [4.69, 9.17) is 5.73 Å². The standard InChI is InChI=1S/C10H14F3N3O/c1-2-16-6-7(14)5-8(16)9(17)15-4-3-10(11,12)13/h5-6H,2-4,14H2,1H3,(H,15,17). The molecular formula is C10H14F3N3O. The number of nitrogens with one attached hydrogen (secondary N) is 1. The molecule has 1 aromatic rings. The minimum atomic E-state index is -4.26. The van der Waals surface area contributed by atoms with Gasteiger partial charge in [-0.2, -0.15) is 13.2 Å². The average Bonchev–Trinajstić information content (AvgIpc) is 2.57. The molecular weight excluding hydrogens is 235 g/mol. The zero-order valence-corrected chi connectivity index (χ0v) is 9.34. The van der Waals surface area contributed by atoms with Crippen LogP contribution in [0.25, 0.3) is 0 Å². The summed E-state index contributed by atoms with van der Waals surface area (Å²) in [5.74, 6) is -0.548. The second-order valence-corrected chi connectivity index (χ2v) is 3.57. The lowest BCUT2D eigenvalue weighted by atomic mass is 10.3. The van der Waals surface area contributed by atoms with E-state index in [-0.39, 0.29) is 5.69 Å². The zero-order valence-electron chi connectivity index (χ0n) is 9.34. The molecule has 7 heteroatoms. The van der Waals surface area contributed by atoms with E-state index in [9.17, 15) is 18.0 Å². The fraction of sp³-hybridized carbons (Fsp3) is 0.500. The molecule has 0 aromatic carbocycles. The average molecular weight is 249 g/mol. The summed E-state index contributed by atoms with van der Waals surface area (Å²) in [5.41, 5.74) is 6.19. The first-order valence-electron chi connectivity index (χ1n) is 5.14. The molecule has 1 heterocycles. The molecule has 0 aliphatic carbocycles. The number of nitrogens with zero attached hydrogens (tertiary/aromatic N) is 1. The Bertz CT molecular complexity index is 398. The summed E-state index contributed by atoms with van der Waals surface area (Å²) < 4.78 is 37.2. The molecule has 0 fully saturated rings. The van der Waals surface area contributed by atoms with Gasteiger partial charge in [0.1, 0.15) is 5.69 Å². The van der Waals surface area contributed by atoms with E-state index < -0.39 is 25.0 Å². The van der Waals surface area contributed by atoms with Gasteiger partial charge in [0.15, 0.2) is 0 Å². The van der Waals surface area contributed by atoms with Crippen molar-refractivity contribution in [1.29, 1.82) is 0 Å². The quantitative estimate of drug-likeness (QED) is 0.854. The van der Waals surface area contributed by atoms with Gasteiger partial charge in [0.05, 0.1) is 12.1 Å². The van der Waals surface area contributed by atoms with Crippen LogP contribution in [0.2, 0.25) is 0 Å². The fourth-order valence-corrected chi connectivity index (χ4v) is 1.39. The van der Waals surface area contributed by atoms with Crippen LogP contribution < -0.4 is 11.1 Å². The lowest BCUT2D eigenvalue weighted by Gasteiger charge is -2.09. The van der Waals surface area contributed by atoms with Crippen molar-refractivity contribution < 1.29 is 18.0 Å². The lowest BCUT2D eigenvalue weighted by molar-refractivity contribution is -0.132. The number of amides is 1. The summed E-state index contributed by atoms with van der Waals surface area (Å²) in [6, 6.07) is 1.44. The Kier molecular flexibility index (Phi) is 4.03. The Morgan fingerprint density at radius 1 is 1.53 bits per heavy atom. The summed E-state index contributed by atoms with van der Waals surface area (Å²) in [6.45, 7) is 1.91. The van der Waals surface area contributed by atoms with Gasteiger partial charge in [-0.25, -0.2) is 0 Å². The summed E-state index contributed by atoms with van der Waals surface area (Å²) >= 11 is 0. The van der Waals surface area contributed by atoms with Gasteiger partial charge in [0.25, 0.3) is 5.91 Å². The number of aryl methyl sites for hydroxylation is 1. The van der Waals surface area contributed by atoms with Crippen molar-refractivity contribution in [1.82, 2.24) is 9.88 Å². The molecule has 0 bridgehead atoms. The van der Waals surface area contributed by atoms with E-state index in [1.165, 1.54) is 6.07 Å². The van der Waals surface area contributed by atoms with Crippen LogP contribution in [-0.2, 0) is 6.54 Å². The number of carbonyl (C=O) groups is 1. The van der Waals surface area contributed by atoms with Crippen LogP contribution in [-0.4, -0.2) is 23.2 Å². The monoisotopic (exact) mass is 249 g/mol. The molecule has 0 unspecified atom stereocenters. The molecule has 4 nitrogen and oxygen atoms in total. The fourth-order valence-electron chi connectivity index (χ4n) is 1.39. The van der Waals surface area contributed by atoms with Gasteiger partial charge < -0.3 is 15.6 Å². The zero-order chi connectivity index (χ0) is 13.1. The van der Waals surface area contributed by atoms with Crippen LogP contribution in [0.1, 0.15) is 23.8 Å². The van der Waals surface area contributed by atoms with Crippen molar-refractivity contribution in [3.05, 3.63) is 18.0 Å². The maximum absolute atomic E-state index is 11.9. The number of nitrogen functional groups attached to an aromatic ring is 1. The molecule has 3 N–H and O–H groups in total. The molecule has 0 radical (unpaired) electrons. The SMILES string of the molecule is CCn1cc(N)cc1C(=O)NCCC(F)(F)F. The van der Waals surface area contributed by atoms with Crippen molar-refractivity contribution >= 4 is 11.6 Å². The minimum absolute atomic E-state index is 0.271. The molecule has 1 rings (SSSR count). The van der Waals surface area contributed by atoms with Crippen molar-refractivity contribution in [2.24, 2.45) is 0 Å². The highest BCUT2D eigenvalue weighted by Gasteiger charge is 2.26. The van der Waals surface area contributed by atoms with Crippen molar-refractivity contribution in [3.8, 4) is 0 Å². The van der Waals surface area contributed by atoms with E-state index in [1.54, 1.807) is 10.8 Å². The van der Waals surface area contributed by atoms with Gasteiger partial charge in [0.2, 0.25) is 0 Å². The Morgan fingerprint density at radius 3 is 2.71 bits per heavy atom. The number of aromatic nitrogens is 1. The first-order chi connectivity index (χ1) is 7.83. The second kappa shape index (κ2) is 5.11. The third-order valence-electron chi connectivity index (χ3n) is 2.19. The summed E-state index contributed by atoms with van der Waals surface area (Å²) in [6.07, 6.45) is -3.74. The van der Waals surface area contributed by atoms with Crippen LogP contribution in [0.4, 0.5) is 18.9 Å². The van der Waals surface area contributed by atoms with Crippen LogP contribution in [0.5, 0.6) is 0 Å².